The number of nitrogens with two attached hydrogens (primary N) is 1. The van der Waals surface area contributed by atoms with Crippen molar-refractivity contribution in [3.05, 3.63) is 84.2 Å². The van der Waals surface area contributed by atoms with Gasteiger partial charge in [0, 0.05) is 56.2 Å². The Labute approximate surface area is 234 Å². The van der Waals surface area contributed by atoms with Gasteiger partial charge in [0.15, 0.2) is 5.78 Å². The van der Waals surface area contributed by atoms with Gasteiger partial charge in [-0.3, -0.25) is 24.9 Å². The number of benzene rings is 2. The number of carbonyl (C=O) groups excluding carboxylic acids is 3. The number of hydrogen-bond acceptors (Lipinski definition) is 8. The zero-order valence-electron chi connectivity index (χ0n) is 22.7. The monoisotopic (exact) mass is 544 g/mol. The van der Waals surface area contributed by atoms with Crippen LogP contribution < -0.4 is 16.5 Å². The minimum absolute atomic E-state index is 0.143. The van der Waals surface area contributed by atoms with Crippen molar-refractivity contribution in [1.82, 2.24) is 20.2 Å². The first kappa shape index (κ1) is 28.9. The van der Waals surface area contributed by atoms with Crippen LogP contribution in [0.4, 0.5) is 10.5 Å². The summed E-state index contributed by atoms with van der Waals surface area (Å²) in [6.45, 7) is 5.27. The van der Waals surface area contributed by atoms with Gasteiger partial charge in [-0.25, -0.2) is 10.6 Å². The SMILES string of the molecule is CCN(N)C(=O)c1cncc(C(=O)CNCCN2CCC(OC(=O)Nc3ccccc3-c3ccccc3)CC2)c1. The van der Waals surface area contributed by atoms with Gasteiger partial charge in [0.2, 0.25) is 0 Å². The van der Waals surface area contributed by atoms with Gasteiger partial charge < -0.3 is 15.0 Å². The van der Waals surface area contributed by atoms with Crippen LogP contribution in [0.2, 0.25) is 0 Å². The number of hydrazine groups is 1. The molecule has 1 fully saturated rings. The summed E-state index contributed by atoms with van der Waals surface area (Å²) in [6.07, 6.45) is 3.76. The maximum absolute atomic E-state index is 12.6. The molecular weight excluding hydrogens is 508 g/mol. The maximum Gasteiger partial charge on any atom is 0.411 e. The van der Waals surface area contributed by atoms with E-state index in [-0.39, 0.29) is 29.9 Å². The lowest BCUT2D eigenvalue weighted by Gasteiger charge is -2.31. The fourth-order valence-electron chi connectivity index (χ4n) is 4.56. The number of likely N-dealkylation sites (tertiary alicyclic amines) is 1. The molecule has 1 aliphatic heterocycles. The molecule has 0 aliphatic carbocycles. The topological polar surface area (TPSA) is 130 Å². The summed E-state index contributed by atoms with van der Waals surface area (Å²) in [6, 6.07) is 19.1. The van der Waals surface area contributed by atoms with E-state index in [4.69, 9.17) is 10.6 Å². The van der Waals surface area contributed by atoms with Gasteiger partial charge in [0.1, 0.15) is 6.10 Å². The van der Waals surface area contributed by atoms with Crippen LogP contribution in [0.25, 0.3) is 11.1 Å². The number of nitrogens with zero attached hydrogens (tertiary/aromatic N) is 3. The Bertz CT molecular complexity index is 1290. The Hall–Kier alpha value is -4.12. The van der Waals surface area contributed by atoms with Crippen LogP contribution in [-0.4, -0.2) is 78.0 Å². The molecule has 1 aromatic heterocycles. The van der Waals surface area contributed by atoms with Gasteiger partial charge in [0.25, 0.3) is 5.91 Å². The van der Waals surface area contributed by atoms with Crippen molar-refractivity contribution < 1.29 is 19.1 Å². The standard InChI is InChI=1S/C30H36N6O4/c1-2-36(31)29(38)24-18-23(19-33-20-24)28(37)21-32-14-17-35-15-12-25(13-16-35)40-30(39)34-27-11-7-6-10-26(27)22-8-4-3-5-9-22/h3-11,18-20,25,32H,2,12-17,21,31H2,1H3,(H,34,39). The number of para-hydroxylation sites is 1. The largest absolute Gasteiger partial charge is 0.446 e. The Balaban J connectivity index is 1.16. The highest BCUT2D eigenvalue weighted by Gasteiger charge is 2.23. The van der Waals surface area contributed by atoms with E-state index >= 15 is 0 Å². The van der Waals surface area contributed by atoms with Crippen LogP contribution >= 0.6 is 0 Å². The lowest BCUT2D eigenvalue weighted by Crippen LogP contribution is -2.42. The quantitative estimate of drug-likeness (QED) is 0.110. The van der Waals surface area contributed by atoms with E-state index < -0.39 is 6.09 Å². The number of amides is 2. The molecule has 2 heterocycles. The maximum atomic E-state index is 12.6. The van der Waals surface area contributed by atoms with E-state index in [1.165, 1.54) is 18.5 Å². The third-order valence-corrected chi connectivity index (χ3v) is 6.86. The number of ether oxygens (including phenoxy) is 1. The van der Waals surface area contributed by atoms with Crippen LogP contribution in [0, 0.1) is 0 Å². The molecule has 0 radical (unpaired) electrons. The number of pyridine rings is 1. The fourth-order valence-corrected chi connectivity index (χ4v) is 4.56. The lowest BCUT2D eigenvalue weighted by atomic mass is 10.0. The van der Waals surface area contributed by atoms with Gasteiger partial charge in [-0.05, 0) is 37.5 Å². The lowest BCUT2D eigenvalue weighted by molar-refractivity contribution is 0.0593. The molecule has 2 amide bonds. The number of carbonyl (C=O) groups is 3. The molecule has 1 aliphatic rings. The zero-order chi connectivity index (χ0) is 28.3. The normalized spacial score (nSPS) is 13.9. The second-order valence-electron chi connectivity index (χ2n) is 9.64. The Morgan fingerprint density at radius 1 is 1.02 bits per heavy atom. The molecule has 10 nitrogen and oxygen atoms in total. The first-order chi connectivity index (χ1) is 19.4. The van der Waals surface area contributed by atoms with Crippen molar-refractivity contribution in [2.24, 2.45) is 5.84 Å². The van der Waals surface area contributed by atoms with E-state index in [1.807, 2.05) is 54.6 Å². The summed E-state index contributed by atoms with van der Waals surface area (Å²) in [7, 11) is 0. The highest BCUT2D eigenvalue weighted by Crippen LogP contribution is 2.28. The molecule has 1 saturated heterocycles. The van der Waals surface area contributed by atoms with Crippen molar-refractivity contribution in [2.75, 3.05) is 44.6 Å². The molecular formula is C30H36N6O4. The predicted molar refractivity (Wildman–Crippen MR) is 154 cm³/mol. The summed E-state index contributed by atoms with van der Waals surface area (Å²) >= 11 is 0. The molecule has 10 heteroatoms. The second-order valence-corrected chi connectivity index (χ2v) is 9.64. The molecule has 4 rings (SSSR count). The highest BCUT2D eigenvalue weighted by molar-refractivity contribution is 6.01. The number of aromatic nitrogens is 1. The molecule has 0 spiro atoms. The summed E-state index contributed by atoms with van der Waals surface area (Å²) < 4.78 is 5.71. The highest BCUT2D eigenvalue weighted by atomic mass is 16.6. The Morgan fingerprint density at radius 2 is 1.73 bits per heavy atom. The van der Waals surface area contributed by atoms with Crippen molar-refractivity contribution in [3.63, 3.8) is 0 Å². The van der Waals surface area contributed by atoms with Crippen LogP contribution in [0.5, 0.6) is 0 Å². The number of rotatable bonds is 11. The molecule has 3 aromatic rings. The first-order valence-electron chi connectivity index (χ1n) is 13.5. The molecule has 0 saturated carbocycles. The number of anilines is 1. The summed E-state index contributed by atoms with van der Waals surface area (Å²) in [5, 5.41) is 7.15. The summed E-state index contributed by atoms with van der Waals surface area (Å²) in [5.74, 6) is 5.14. The number of Topliss-reactive ketones (excluding diaryl/α,β-unsaturated/α-hetero) is 1. The molecule has 2 aromatic carbocycles. The summed E-state index contributed by atoms with van der Waals surface area (Å²) in [4.78, 5) is 43.7. The van der Waals surface area contributed by atoms with Gasteiger partial charge in [-0.2, -0.15) is 0 Å². The molecule has 40 heavy (non-hydrogen) atoms. The first-order valence-corrected chi connectivity index (χ1v) is 13.5. The van der Waals surface area contributed by atoms with Gasteiger partial charge >= 0.3 is 6.09 Å². The second kappa shape index (κ2) is 14.3. The summed E-state index contributed by atoms with van der Waals surface area (Å²) in [5.41, 5.74) is 3.34. The van der Waals surface area contributed by atoms with Crippen LogP contribution in [-0.2, 0) is 4.74 Å². The average Bonchev–Trinajstić information content (AvgIpc) is 3.00. The number of hydrogen-bond donors (Lipinski definition) is 3. The van der Waals surface area contributed by atoms with Crippen LogP contribution in [0.3, 0.4) is 0 Å². The van der Waals surface area contributed by atoms with Gasteiger partial charge in [-0.15, -0.1) is 0 Å². The minimum atomic E-state index is -0.448. The third-order valence-electron chi connectivity index (χ3n) is 6.86. The van der Waals surface area contributed by atoms with E-state index in [9.17, 15) is 14.4 Å². The molecule has 0 unspecified atom stereocenters. The van der Waals surface area contributed by atoms with Crippen LogP contribution in [0.15, 0.2) is 73.1 Å². The van der Waals surface area contributed by atoms with Gasteiger partial charge in [-0.1, -0.05) is 48.5 Å². The van der Waals surface area contributed by atoms with E-state index in [0.29, 0.717) is 24.3 Å². The van der Waals surface area contributed by atoms with Crippen molar-refractivity contribution in [1.29, 1.82) is 0 Å². The predicted octanol–water partition coefficient (Wildman–Crippen LogP) is 3.57. The minimum Gasteiger partial charge on any atom is -0.446 e. The van der Waals surface area contributed by atoms with Crippen molar-refractivity contribution >= 4 is 23.5 Å². The molecule has 0 bridgehead atoms. The van der Waals surface area contributed by atoms with E-state index in [2.05, 4.69) is 20.5 Å². The van der Waals surface area contributed by atoms with E-state index in [0.717, 1.165) is 48.6 Å². The van der Waals surface area contributed by atoms with E-state index in [1.54, 1.807) is 6.92 Å². The smallest absolute Gasteiger partial charge is 0.411 e. The van der Waals surface area contributed by atoms with Gasteiger partial charge in [0.05, 0.1) is 17.8 Å². The molecule has 0 atom stereocenters. The van der Waals surface area contributed by atoms with Crippen molar-refractivity contribution in [2.45, 2.75) is 25.9 Å². The molecule has 210 valence electrons. The number of nitrogens with one attached hydrogen (secondary N) is 2. The fraction of sp³-hybridized carbons (Fsp3) is 0.333. The number of ketones is 1. The number of piperidine rings is 1. The molecule has 4 N–H and O–H groups in total. The Kier molecular flexibility index (Phi) is 10.3. The van der Waals surface area contributed by atoms with Crippen LogP contribution in [0.1, 0.15) is 40.5 Å². The zero-order valence-corrected chi connectivity index (χ0v) is 22.7. The average molecular weight is 545 g/mol. The Morgan fingerprint density at radius 3 is 2.48 bits per heavy atom. The third kappa shape index (κ3) is 7.95. The van der Waals surface area contributed by atoms with Crippen molar-refractivity contribution in [3.8, 4) is 11.1 Å².